The molecule has 1 atom stereocenters. The minimum Gasteiger partial charge on any atom is -0.289 e. The third kappa shape index (κ3) is 0.869. The zero-order chi connectivity index (χ0) is 9.54. The van der Waals surface area contributed by atoms with E-state index < -0.39 is 0 Å². The number of benzene rings is 1. The van der Waals surface area contributed by atoms with E-state index in [0.717, 1.165) is 17.6 Å². The highest BCUT2D eigenvalue weighted by atomic mass is 16.1. The predicted molar refractivity (Wildman–Crippen MR) is 55.4 cm³/mol. The van der Waals surface area contributed by atoms with Gasteiger partial charge in [-0.1, -0.05) is 42.5 Å². The fourth-order valence-corrected chi connectivity index (χ4v) is 2.28. The summed E-state index contributed by atoms with van der Waals surface area (Å²) in [7, 11) is 0. The molecule has 1 aromatic rings. The fourth-order valence-electron chi connectivity index (χ4n) is 2.28. The van der Waals surface area contributed by atoms with E-state index >= 15 is 0 Å². The smallest absolute Gasteiger partial charge is 0.189 e. The first kappa shape index (κ1) is 7.74. The molecule has 0 bridgehead atoms. The number of Topliss-reactive ketones (excluding diaryl/α,β-unsaturated/α-hetero) is 1. The van der Waals surface area contributed by atoms with E-state index in [2.05, 4.69) is 18.2 Å². The minimum absolute atomic E-state index is 0.218. The SMILES string of the molecule is O=C1C2=CCC=CC2c2ccccc21. The van der Waals surface area contributed by atoms with Gasteiger partial charge in [0.25, 0.3) is 0 Å². The lowest BCUT2D eigenvalue weighted by molar-refractivity contribution is 0.103. The van der Waals surface area contributed by atoms with Crippen LogP contribution < -0.4 is 0 Å². The summed E-state index contributed by atoms with van der Waals surface area (Å²) in [5.41, 5.74) is 3.02. The van der Waals surface area contributed by atoms with Crippen molar-refractivity contribution < 1.29 is 4.79 Å². The summed E-state index contributed by atoms with van der Waals surface area (Å²) in [6.07, 6.45) is 7.21. The first-order chi connectivity index (χ1) is 6.88. The number of rotatable bonds is 0. The lowest BCUT2D eigenvalue weighted by Crippen LogP contribution is -2.00. The van der Waals surface area contributed by atoms with Crippen molar-refractivity contribution >= 4 is 5.78 Å². The number of ketones is 1. The number of hydrogen-bond acceptors (Lipinski definition) is 1. The molecule has 0 saturated heterocycles. The monoisotopic (exact) mass is 182 g/mol. The van der Waals surface area contributed by atoms with Gasteiger partial charge in [0, 0.05) is 17.1 Å². The highest BCUT2D eigenvalue weighted by Crippen LogP contribution is 2.40. The third-order valence-electron chi connectivity index (χ3n) is 2.94. The van der Waals surface area contributed by atoms with Gasteiger partial charge < -0.3 is 0 Å². The van der Waals surface area contributed by atoms with Gasteiger partial charge >= 0.3 is 0 Å². The van der Waals surface area contributed by atoms with Crippen molar-refractivity contribution in [2.24, 2.45) is 0 Å². The Balaban J connectivity index is 2.26. The lowest BCUT2D eigenvalue weighted by Gasteiger charge is -2.10. The van der Waals surface area contributed by atoms with E-state index in [4.69, 9.17) is 0 Å². The average molecular weight is 182 g/mol. The standard InChI is InChI=1S/C13H10O/c14-13-11-7-3-1-5-9(11)10-6-2-4-8-12(10)13/h1-3,5-8,10H,4H2. The van der Waals surface area contributed by atoms with E-state index in [1.165, 1.54) is 5.56 Å². The van der Waals surface area contributed by atoms with Crippen LogP contribution in [-0.4, -0.2) is 5.78 Å². The molecule has 2 aliphatic carbocycles. The van der Waals surface area contributed by atoms with Crippen LogP contribution in [0.1, 0.15) is 28.3 Å². The van der Waals surface area contributed by atoms with Gasteiger partial charge in [-0.3, -0.25) is 4.79 Å². The minimum atomic E-state index is 0.218. The second-order valence-corrected chi connectivity index (χ2v) is 3.72. The molecule has 0 spiro atoms. The molecule has 0 saturated carbocycles. The highest BCUT2D eigenvalue weighted by molar-refractivity contribution is 6.14. The van der Waals surface area contributed by atoms with Crippen molar-refractivity contribution in [3.8, 4) is 0 Å². The van der Waals surface area contributed by atoms with Crippen LogP contribution in [-0.2, 0) is 0 Å². The molecule has 1 heteroatoms. The molecule has 14 heavy (non-hydrogen) atoms. The third-order valence-corrected chi connectivity index (χ3v) is 2.94. The van der Waals surface area contributed by atoms with Crippen LogP contribution in [0.4, 0.5) is 0 Å². The molecular weight excluding hydrogens is 172 g/mol. The van der Waals surface area contributed by atoms with Gasteiger partial charge in [-0.15, -0.1) is 0 Å². The van der Waals surface area contributed by atoms with Crippen molar-refractivity contribution in [1.29, 1.82) is 0 Å². The predicted octanol–water partition coefficient (Wildman–Crippen LogP) is 2.85. The molecule has 2 aliphatic rings. The summed E-state index contributed by atoms with van der Waals surface area (Å²) in [5.74, 6) is 0.447. The normalized spacial score (nSPS) is 23.0. The van der Waals surface area contributed by atoms with E-state index in [9.17, 15) is 4.79 Å². The van der Waals surface area contributed by atoms with E-state index in [1.807, 2.05) is 24.3 Å². The van der Waals surface area contributed by atoms with Crippen LogP contribution in [0.25, 0.3) is 0 Å². The largest absolute Gasteiger partial charge is 0.289 e. The second kappa shape index (κ2) is 2.68. The van der Waals surface area contributed by atoms with Crippen LogP contribution in [0.3, 0.4) is 0 Å². The molecule has 0 aliphatic heterocycles. The Bertz CT molecular complexity index is 466. The van der Waals surface area contributed by atoms with Crippen molar-refractivity contribution in [3.05, 3.63) is 59.2 Å². The highest BCUT2D eigenvalue weighted by Gasteiger charge is 2.32. The van der Waals surface area contributed by atoms with E-state index in [0.29, 0.717) is 0 Å². The summed E-state index contributed by atoms with van der Waals surface area (Å²) in [6, 6.07) is 7.90. The van der Waals surface area contributed by atoms with Crippen LogP contribution in [0.15, 0.2) is 48.1 Å². The molecule has 1 nitrogen and oxygen atoms in total. The number of hydrogen-bond donors (Lipinski definition) is 0. The van der Waals surface area contributed by atoms with Crippen LogP contribution in [0.5, 0.6) is 0 Å². The first-order valence-corrected chi connectivity index (χ1v) is 4.88. The number of carbonyl (C=O) groups is 1. The molecule has 0 amide bonds. The van der Waals surface area contributed by atoms with Crippen LogP contribution in [0, 0.1) is 0 Å². The van der Waals surface area contributed by atoms with Gasteiger partial charge in [0.05, 0.1) is 0 Å². The molecule has 0 fully saturated rings. The van der Waals surface area contributed by atoms with Crippen molar-refractivity contribution in [1.82, 2.24) is 0 Å². The Hall–Kier alpha value is -1.63. The maximum absolute atomic E-state index is 11.9. The Labute approximate surface area is 82.8 Å². The van der Waals surface area contributed by atoms with Crippen molar-refractivity contribution in [3.63, 3.8) is 0 Å². The quantitative estimate of drug-likeness (QED) is 0.564. The Morgan fingerprint density at radius 1 is 1.21 bits per heavy atom. The van der Waals surface area contributed by atoms with Crippen LogP contribution in [0.2, 0.25) is 0 Å². The zero-order valence-electron chi connectivity index (χ0n) is 7.73. The Kier molecular flexibility index (Phi) is 1.48. The summed E-state index contributed by atoms with van der Waals surface area (Å²) in [6.45, 7) is 0. The molecule has 1 aromatic carbocycles. The molecule has 68 valence electrons. The zero-order valence-corrected chi connectivity index (χ0v) is 7.73. The number of fused-ring (bicyclic) bond motifs is 3. The maximum Gasteiger partial charge on any atom is 0.189 e. The molecular formula is C13H10O. The lowest BCUT2D eigenvalue weighted by atomic mass is 9.93. The van der Waals surface area contributed by atoms with E-state index in [1.54, 1.807) is 0 Å². The second-order valence-electron chi connectivity index (χ2n) is 3.72. The topological polar surface area (TPSA) is 17.1 Å². The van der Waals surface area contributed by atoms with Gasteiger partial charge in [-0.25, -0.2) is 0 Å². The Morgan fingerprint density at radius 2 is 2.07 bits per heavy atom. The van der Waals surface area contributed by atoms with Crippen molar-refractivity contribution in [2.45, 2.75) is 12.3 Å². The molecule has 3 rings (SSSR count). The maximum atomic E-state index is 11.9. The van der Waals surface area contributed by atoms with Gasteiger partial charge in [0.15, 0.2) is 5.78 Å². The summed E-state index contributed by atoms with van der Waals surface area (Å²) in [4.78, 5) is 11.9. The summed E-state index contributed by atoms with van der Waals surface area (Å²) >= 11 is 0. The number of carbonyl (C=O) groups excluding carboxylic acids is 1. The first-order valence-electron chi connectivity index (χ1n) is 4.88. The molecule has 0 N–H and O–H groups in total. The van der Waals surface area contributed by atoms with Gasteiger partial charge in [-0.05, 0) is 12.0 Å². The van der Waals surface area contributed by atoms with Gasteiger partial charge in [0.2, 0.25) is 0 Å². The summed E-state index contributed by atoms with van der Waals surface area (Å²) < 4.78 is 0. The fraction of sp³-hybridized carbons (Fsp3) is 0.154. The van der Waals surface area contributed by atoms with Crippen molar-refractivity contribution in [2.75, 3.05) is 0 Å². The van der Waals surface area contributed by atoms with Gasteiger partial charge in [0.1, 0.15) is 0 Å². The number of allylic oxidation sites excluding steroid dienone is 4. The Morgan fingerprint density at radius 3 is 3.00 bits per heavy atom. The average Bonchev–Trinajstić information content (AvgIpc) is 2.55. The van der Waals surface area contributed by atoms with Gasteiger partial charge in [-0.2, -0.15) is 0 Å². The molecule has 1 unspecified atom stereocenters. The molecule has 0 heterocycles. The molecule has 0 aromatic heterocycles. The van der Waals surface area contributed by atoms with E-state index in [-0.39, 0.29) is 11.7 Å². The summed E-state index contributed by atoms with van der Waals surface area (Å²) in [5, 5.41) is 0. The van der Waals surface area contributed by atoms with Crippen LogP contribution >= 0.6 is 0 Å². The molecule has 0 radical (unpaired) electrons.